The molecule has 0 radical (unpaired) electrons. The SMILES string of the molecule is COc1ccc(S(=O)(=O)N(CC(=O)Nc2ccc(F)c(F)c2)c2cc(C)cc(C)c2)cc1OC. The van der Waals surface area contributed by atoms with Gasteiger partial charge in [-0.15, -0.1) is 0 Å². The molecule has 3 rings (SSSR count). The number of carbonyl (C=O) groups is 1. The minimum atomic E-state index is -4.24. The van der Waals surface area contributed by atoms with E-state index in [0.29, 0.717) is 5.75 Å². The summed E-state index contributed by atoms with van der Waals surface area (Å²) in [5, 5.41) is 2.41. The highest BCUT2D eigenvalue weighted by Gasteiger charge is 2.29. The number of halogens is 2. The molecular formula is C24H24F2N2O5S. The van der Waals surface area contributed by atoms with Crippen LogP contribution in [0.2, 0.25) is 0 Å². The van der Waals surface area contributed by atoms with Crippen LogP contribution >= 0.6 is 0 Å². The van der Waals surface area contributed by atoms with Gasteiger partial charge in [-0.1, -0.05) is 6.07 Å². The van der Waals surface area contributed by atoms with Crippen molar-refractivity contribution in [2.75, 3.05) is 30.4 Å². The molecule has 0 atom stereocenters. The second-order valence-electron chi connectivity index (χ2n) is 7.55. The summed E-state index contributed by atoms with van der Waals surface area (Å²) in [5.74, 6) is -2.40. The normalized spacial score (nSPS) is 11.1. The van der Waals surface area contributed by atoms with E-state index in [-0.39, 0.29) is 22.0 Å². The predicted octanol–water partition coefficient (Wildman–Crippen LogP) is 4.43. The Morgan fingerprint density at radius 1 is 0.882 bits per heavy atom. The van der Waals surface area contributed by atoms with Crippen LogP contribution < -0.4 is 19.1 Å². The average Bonchev–Trinajstić information content (AvgIpc) is 2.78. The highest BCUT2D eigenvalue weighted by Crippen LogP contribution is 2.32. The molecule has 3 aromatic rings. The Labute approximate surface area is 197 Å². The van der Waals surface area contributed by atoms with Crippen molar-refractivity contribution in [1.82, 2.24) is 0 Å². The minimum Gasteiger partial charge on any atom is -0.493 e. The minimum absolute atomic E-state index is 0.00668. The van der Waals surface area contributed by atoms with E-state index in [1.807, 2.05) is 6.07 Å². The molecule has 0 unspecified atom stereocenters. The lowest BCUT2D eigenvalue weighted by Gasteiger charge is -2.25. The summed E-state index contributed by atoms with van der Waals surface area (Å²) < 4.78 is 65.4. The lowest BCUT2D eigenvalue weighted by molar-refractivity contribution is -0.114. The van der Waals surface area contributed by atoms with Crippen molar-refractivity contribution < 1.29 is 31.5 Å². The van der Waals surface area contributed by atoms with Gasteiger partial charge in [-0.05, 0) is 61.4 Å². The Morgan fingerprint density at radius 3 is 2.12 bits per heavy atom. The molecule has 1 N–H and O–H groups in total. The first-order valence-electron chi connectivity index (χ1n) is 10.1. The molecule has 0 spiro atoms. The lowest BCUT2D eigenvalue weighted by Crippen LogP contribution is -2.38. The fourth-order valence-corrected chi connectivity index (χ4v) is 4.84. The zero-order chi connectivity index (χ0) is 25.0. The number of anilines is 2. The molecule has 0 saturated heterocycles. The third-order valence-corrected chi connectivity index (χ3v) is 6.70. The maximum absolute atomic E-state index is 13.6. The van der Waals surface area contributed by atoms with Crippen LogP contribution in [0.15, 0.2) is 59.5 Å². The van der Waals surface area contributed by atoms with Crippen LogP contribution in [0, 0.1) is 25.5 Å². The van der Waals surface area contributed by atoms with Crippen molar-refractivity contribution in [3.8, 4) is 11.5 Å². The maximum Gasteiger partial charge on any atom is 0.264 e. The van der Waals surface area contributed by atoms with Crippen molar-refractivity contribution in [2.24, 2.45) is 0 Å². The summed E-state index contributed by atoms with van der Waals surface area (Å²) in [6.45, 7) is 3.00. The van der Waals surface area contributed by atoms with Gasteiger partial charge in [0.1, 0.15) is 6.54 Å². The van der Waals surface area contributed by atoms with E-state index in [4.69, 9.17) is 9.47 Å². The van der Waals surface area contributed by atoms with Gasteiger partial charge >= 0.3 is 0 Å². The summed E-state index contributed by atoms with van der Waals surface area (Å²) in [7, 11) is -1.44. The van der Waals surface area contributed by atoms with Crippen LogP contribution in [0.25, 0.3) is 0 Å². The number of aryl methyl sites for hydroxylation is 2. The number of rotatable bonds is 8. The Balaban J connectivity index is 2.03. The molecule has 0 saturated carbocycles. The van der Waals surface area contributed by atoms with E-state index in [1.165, 1.54) is 38.5 Å². The van der Waals surface area contributed by atoms with E-state index in [1.54, 1.807) is 26.0 Å². The van der Waals surface area contributed by atoms with Gasteiger partial charge in [-0.2, -0.15) is 0 Å². The molecule has 3 aromatic carbocycles. The highest BCUT2D eigenvalue weighted by molar-refractivity contribution is 7.92. The van der Waals surface area contributed by atoms with Gasteiger partial charge in [0.05, 0.1) is 24.8 Å². The Kier molecular flexibility index (Phi) is 7.41. The lowest BCUT2D eigenvalue weighted by atomic mass is 10.1. The van der Waals surface area contributed by atoms with E-state index < -0.39 is 34.1 Å². The average molecular weight is 491 g/mol. The van der Waals surface area contributed by atoms with Crippen molar-refractivity contribution in [2.45, 2.75) is 18.7 Å². The first-order chi connectivity index (χ1) is 16.0. The molecule has 0 aromatic heterocycles. The second-order valence-corrected chi connectivity index (χ2v) is 9.41. The van der Waals surface area contributed by atoms with Gasteiger partial charge in [-0.3, -0.25) is 9.10 Å². The van der Waals surface area contributed by atoms with Crippen molar-refractivity contribution in [1.29, 1.82) is 0 Å². The number of carbonyl (C=O) groups excluding carboxylic acids is 1. The molecule has 7 nitrogen and oxygen atoms in total. The number of nitrogens with zero attached hydrogens (tertiary/aromatic N) is 1. The number of ether oxygens (including phenoxy) is 2. The van der Waals surface area contributed by atoms with Crippen molar-refractivity contribution >= 4 is 27.3 Å². The van der Waals surface area contributed by atoms with Crippen LogP contribution in [0.4, 0.5) is 20.2 Å². The number of methoxy groups -OCH3 is 2. The maximum atomic E-state index is 13.6. The summed E-state index contributed by atoms with van der Waals surface area (Å²) >= 11 is 0. The van der Waals surface area contributed by atoms with Crippen molar-refractivity contribution in [3.05, 3.63) is 77.4 Å². The zero-order valence-corrected chi connectivity index (χ0v) is 19.9. The summed E-state index contributed by atoms with van der Waals surface area (Å²) in [6.07, 6.45) is 0. The predicted molar refractivity (Wildman–Crippen MR) is 125 cm³/mol. The molecule has 0 aliphatic rings. The number of benzene rings is 3. The molecule has 0 bridgehead atoms. The van der Waals surface area contributed by atoms with Crippen LogP contribution in [-0.2, 0) is 14.8 Å². The van der Waals surface area contributed by atoms with Crippen LogP contribution in [-0.4, -0.2) is 35.1 Å². The van der Waals surface area contributed by atoms with E-state index in [0.717, 1.165) is 27.6 Å². The second kappa shape index (κ2) is 10.1. The van der Waals surface area contributed by atoms with Crippen molar-refractivity contribution in [3.63, 3.8) is 0 Å². The third-order valence-electron chi connectivity index (χ3n) is 4.93. The van der Waals surface area contributed by atoms with Gasteiger partial charge < -0.3 is 14.8 Å². The molecule has 0 aliphatic carbocycles. The van der Waals surface area contributed by atoms with Crippen LogP contribution in [0.5, 0.6) is 11.5 Å². The summed E-state index contributed by atoms with van der Waals surface area (Å²) in [6, 6.07) is 12.1. The zero-order valence-electron chi connectivity index (χ0n) is 19.1. The number of sulfonamides is 1. The first kappa shape index (κ1) is 25.0. The Morgan fingerprint density at radius 2 is 1.53 bits per heavy atom. The number of amides is 1. The van der Waals surface area contributed by atoms with Crippen LogP contribution in [0.1, 0.15) is 11.1 Å². The molecule has 0 heterocycles. The fourth-order valence-electron chi connectivity index (χ4n) is 3.42. The molecular weight excluding hydrogens is 466 g/mol. The molecule has 0 fully saturated rings. The fraction of sp³-hybridized carbons (Fsp3) is 0.208. The highest BCUT2D eigenvalue weighted by atomic mass is 32.2. The topological polar surface area (TPSA) is 84.9 Å². The summed E-state index contributed by atoms with van der Waals surface area (Å²) in [5.41, 5.74) is 1.85. The Hall–Kier alpha value is -3.66. The van der Waals surface area contributed by atoms with Gasteiger partial charge in [0.2, 0.25) is 5.91 Å². The molecule has 180 valence electrons. The molecule has 0 aliphatic heterocycles. The first-order valence-corrected chi connectivity index (χ1v) is 11.6. The van der Waals surface area contributed by atoms with E-state index >= 15 is 0 Å². The van der Waals surface area contributed by atoms with E-state index in [9.17, 15) is 22.0 Å². The molecule has 34 heavy (non-hydrogen) atoms. The van der Waals surface area contributed by atoms with Gasteiger partial charge in [-0.25, -0.2) is 17.2 Å². The van der Waals surface area contributed by atoms with E-state index in [2.05, 4.69) is 5.32 Å². The number of hydrogen-bond donors (Lipinski definition) is 1. The van der Waals surface area contributed by atoms with Gasteiger partial charge in [0, 0.05) is 17.8 Å². The van der Waals surface area contributed by atoms with Crippen LogP contribution in [0.3, 0.4) is 0 Å². The molecule has 10 heteroatoms. The molecule has 1 amide bonds. The Bertz CT molecular complexity index is 1310. The largest absolute Gasteiger partial charge is 0.493 e. The standard InChI is InChI=1S/C24H24F2N2O5S/c1-15-9-16(2)11-18(10-15)28(14-24(29)27-17-5-7-20(25)21(26)12-17)34(30,31)19-6-8-22(32-3)23(13-19)33-4/h5-13H,14H2,1-4H3,(H,27,29). The number of nitrogens with one attached hydrogen (secondary N) is 1. The third kappa shape index (κ3) is 5.45. The summed E-state index contributed by atoms with van der Waals surface area (Å²) in [4.78, 5) is 12.7. The monoisotopic (exact) mass is 490 g/mol. The van der Waals surface area contributed by atoms with Gasteiger partial charge in [0.25, 0.3) is 10.0 Å². The quantitative estimate of drug-likeness (QED) is 0.505. The van der Waals surface area contributed by atoms with Gasteiger partial charge in [0.15, 0.2) is 23.1 Å². The smallest absolute Gasteiger partial charge is 0.264 e. The number of hydrogen-bond acceptors (Lipinski definition) is 5.